The van der Waals surface area contributed by atoms with Crippen LogP contribution in [0.1, 0.15) is 26.7 Å². The van der Waals surface area contributed by atoms with Crippen LogP contribution in [0.2, 0.25) is 0 Å². The maximum Gasteiger partial charge on any atom is 0.331 e. The van der Waals surface area contributed by atoms with Crippen molar-refractivity contribution in [2.75, 3.05) is 12.9 Å². The van der Waals surface area contributed by atoms with Crippen molar-refractivity contribution in [3.63, 3.8) is 0 Å². The van der Waals surface area contributed by atoms with Gasteiger partial charge in [0.2, 0.25) is 5.91 Å². The normalized spacial score (nSPS) is 13.3. The number of carbonyl (C=O) groups excluding carboxylic acids is 2. The van der Waals surface area contributed by atoms with E-state index in [0.29, 0.717) is 11.3 Å². The third-order valence-corrected chi connectivity index (χ3v) is 4.05. The van der Waals surface area contributed by atoms with E-state index in [2.05, 4.69) is 5.32 Å². The van der Waals surface area contributed by atoms with Gasteiger partial charge in [0.05, 0.1) is 12.9 Å². The number of methoxy groups -OCH3 is 1. The molecule has 0 aromatic heterocycles. The number of nitrogens with one attached hydrogen (secondary N) is 1. The number of hydrogen-bond acceptors (Lipinski definition) is 4. The topological polar surface area (TPSA) is 55.4 Å². The van der Waals surface area contributed by atoms with E-state index in [1.54, 1.807) is 25.1 Å². The number of esters is 1. The number of carbonyl (C=O) groups is 2. The number of halogens is 1. The molecule has 1 rings (SSSR count). The van der Waals surface area contributed by atoms with Crippen LogP contribution in [-0.4, -0.2) is 30.3 Å². The van der Waals surface area contributed by atoms with Gasteiger partial charge in [0.15, 0.2) is 0 Å². The van der Waals surface area contributed by atoms with Gasteiger partial charge in [0, 0.05) is 4.90 Å². The molecule has 0 aliphatic heterocycles. The molecule has 6 heteroatoms. The quantitative estimate of drug-likeness (QED) is 0.621. The monoisotopic (exact) mass is 313 g/mol. The smallest absolute Gasteiger partial charge is 0.331 e. The lowest BCUT2D eigenvalue weighted by atomic mass is 9.96. The van der Waals surface area contributed by atoms with E-state index in [-0.39, 0.29) is 17.5 Å². The van der Waals surface area contributed by atoms with Crippen molar-refractivity contribution < 1.29 is 18.7 Å². The number of thioether (sulfide) groups is 1. The highest BCUT2D eigenvalue weighted by molar-refractivity contribution is 8.00. The van der Waals surface area contributed by atoms with Crippen LogP contribution in [-0.2, 0) is 14.3 Å². The summed E-state index contributed by atoms with van der Waals surface area (Å²) in [4.78, 5) is 24.2. The first-order chi connectivity index (χ1) is 9.92. The van der Waals surface area contributed by atoms with Crippen LogP contribution >= 0.6 is 11.8 Å². The molecule has 4 nitrogen and oxygen atoms in total. The third kappa shape index (κ3) is 5.04. The molecular formula is C15H20FNO3S. The summed E-state index contributed by atoms with van der Waals surface area (Å²) in [6.45, 7) is 3.55. The van der Waals surface area contributed by atoms with Crippen LogP contribution in [0.15, 0.2) is 29.2 Å². The average Bonchev–Trinajstić information content (AvgIpc) is 2.45. The Hall–Kier alpha value is -1.56. The molecule has 0 fully saturated rings. The minimum absolute atomic E-state index is 0.0389. The second-order valence-corrected chi connectivity index (χ2v) is 5.86. The molecule has 0 saturated heterocycles. The van der Waals surface area contributed by atoms with Crippen molar-refractivity contribution in [2.24, 2.45) is 0 Å². The Labute approximate surface area is 128 Å². The van der Waals surface area contributed by atoms with Gasteiger partial charge in [0.25, 0.3) is 0 Å². The molecular weight excluding hydrogens is 293 g/mol. The molecule has 0 bridgehead atoms. The van der Waals surface area contributed by atoms with Crippen LogP contribution in [0.3, 0.4) is 0 Å². The lowest BCUT2D eigenvalue weighted by molar-refractivity contribution is -0.150. The first-order valence-corrected chi connectivity index (χ1v) is 7.68. The predicted octanol–water partition coefficient (Wildman–Crippen LogP) is 2.77. The molecule has 0 heterocycles. The highest BCUT2D eigenvalue weighted by Crippen LogP contribution is 2.21. The van der Waals surface area contributed by atoms with Gasteiger partial charge in [-0.3, -0.25) is 4.79 Å². The molecule has 1 N–H and O–H groups in total. The van der Waals surface area contributed by atoms with Crippen LogP contribution in [0.5, 0.6) is 0 Å². The Kier molecular flexibility index (Phi) is 6.68. The van der Waals surface area contributed by atoms with Crippen LogP contribution in [0.25, 0.3) is 0 Å². The van der Waals surface area contributed by atoms with Gasteiger partial charge < -0.3 is 10.1 Å². The van der Waals surface area contributed by atoms with Gasteiger partial charge in [-0.1, -0.05) is 25.5 Å². The van der Waals surface area contributed by atoms with Gasteiger partial charge in [-0.25, -0.2) is 9.18 Å². The van der Waals surface area contributed by atoms with Crippen LogP contribution in [0, 0.1) is 5.82 Å². The van der Waals surface area contributed by atoms with E-state index in [0.717, 1.165) is 18.2 Å². The van der Waals surface area contributed by atoms with Crippen molar-refractivity contribution >= 4 is 23.6 Å². The van der Waals surface area contributed by atoms with E-state index in [4.69, 9.17) is 4.74 Å². The molecule has 1 aromatic rings. The average molecular weight is 313 g/mol. The summed E-state index contributed by atoms with van der Waals surface area (Å²) >= 11 is 1.09. The molecule has 0 saturated carbocycles. The fourth-order valence-corrected chi connectivity index (χ4v) is 2.73. The van der Waals surface area contributed by atoms with Gasteiger partial charge in [-0.05, 0) is 25.5 Å². The van der Waals surface area contributed by atoms with E-state index in [1.165, 1.54) is 13.2 Å². The van der Waals surface area contributed by atoms with Crippen molar-refractivity contribution in [1.82, 2.24) is 5.32 Å². The van der Waals surface area contributed by atoms with Gasteiger partial charge in [-0.2, -0.15) is 0 Å². The minimum atomic E-state index is -1.05. The minimum Gasteiger partial charge on any atom is -0.467 e. The van der Waals surface area contributed by atoms with Gasteiger partial charge >= 0.3 is 5.97 Å². The fraction of sp³-hybridized carbons (Fsp3) is 0.467. The fourth-order valence-electron chi connectivity index (χ4n) is 1.99. The zero-order valence-corrected chi connectivity index (χ0v) is 13.3. The molecule has 1 unspecified atom stereocenters. The van der Waals surface area contributed by atoms with Crippen LogP contribution in [0.4, 0.5) is 4.39 Å². The summed E-state index contributed by atoms with van der Waals surface area (Å²) in [5.74, 6) is -1.13. The zero-order valence-electron chi connectivity index (χ0n) is 12.4. The SMILES string of the molecule is CCCC(C)(NC(=O)CSc1ccccc1F)C(=O)OC. The zero-order chi connectivity index (χ0) is 15.9. The number of amides is 1. The lowest BCUT2D eigenvalue weighted by Gasteiger charge is -2.27. The Balaban J connectivity index is 2.63. The van der Waals surface area contributed by atoms with E-state index in [1.807, 2.05) is 6.92 Å². The van der Waals surface area contributed by atoms with Gasteiger partial charge in [0.1, 0.15) is 11.4 Å². The lowest BCUT2D eigenvalue weighted by Crippen LogP contribution is -2.53. The maximum atomic E-state index is 13.5. The molecule has 0 spiro atoms. The number of ether oxygens (including phenoxy) is 1. The van der Waals surface area contributed by atoms with E-state index in [9.17, 15) is 14.0 Å². The maximum absolute atomic E-state index is 13.5. The Morgan fingerprint density at radius 3 is 2.62 bits per heavy atom. The largest absolute Gasteiger partial charge is 0.467 e. The summed E-state index contributed by atoms with van der Waals surface area (Å²) in [6, 6.07) is 6.25. The standard InChI is InChI=1S/C15H20FNO3S/c1-4-9-15(2,14(19)20-3)17-13(18)10-21-12-8-6-5-7-11(12)16/h5-8H,4,9-10H2,1-3H3,(H,17,18). The molecule has 21 heavy (non-hydrogen) atoms. The second kappa shape index (κ2) is 8.02. The molecule has 0 aliphatic rings. The molecule has 116 valence electrons. The number of benzene rings is 1. The number of rotatable bonds is 7. The highest BCUT2D eigenvalue weighted by atomic mass is 32.2. The van der Waals surface area contributed by atoms with E-state index < -0.39 is 11.5 Å². The molecule has 1 amide bonds. The summed E-state index contributed by atoms with van der Waals surface area (Å²) in [5, 5.41) is 2.68. The summed E-state index contributed by atoms with van der Waals surface area (Å²) in [5.41, 5.74) is -1.05. The first kappa shape index (κ1) is 17.5. The Morgan fingerprint density at radius 2 is 2.05 bits per heavy atom. The van der Waals surface area contributed by atoms with Gasteiger partial charge in [-0.15, -0.1) is 11.8 Å². The van der Waals surface area contributed by atoms with Crippen molar-refractivity contribution in [1.29, 1.82) is 0 Å². The number of hydrogen-bond donors (Lipinski definition) is 1. The summed E-state index contributed by atoms with van der Waals surface area (Å²) in [7, 11) is 1.29. The van der Waals surface area contributed by atoms with Crippen molar-refractivity contribution in [2.45, 2.75) is 37.1 Å². The second-order valence-electron chi connectivity index (χ2n) is 4.84. The van der Waals surface area contributed by atoms with Crippen molar-refractivity contribution in [3.05, 3.63) is 30.1 Å². The van der Waals surface area contributed by atoms with Crippen LogP contribution < -0.4 is 5.32 Å². The van der Waals surface area contributed by atoms with Crippen molar-refractivity contribution in [3.8, 4) is 0 Å². The summed E-state index contributed by atoms with van der Waals surface area (Å²) < 4.78 is 18.2. The Morgan fingerprint density at radius 1 is 1.38 bits per heavy atom. The summed E-state index contributed by atoms with van der Waals surface area (Å²) in [6.07, 6.45) is 1.21. The molecule has 0 aliphatic carbocycles. The third-order valence-electron chi connectivity index (χ3n) is 3.00. The molecule has 0 radical (unpaired) electrons. The predicted molar refractivity (Wildman–Crippen MR) is 80.6 cm³/mol. The first-order valence-electron chi connectivity index (χ1n) is 6.69. The van der Waals surface area contributed by atoms with E-state index >= 15 is 0 Å². The molecule has 1 aromatic carbocycles. The highest BCUT2D eigenvalue weighted by Gasteiger charge is 2.34. The molecule has 1 atom stereocenters. The Bertz CT molecular complexity index is 509.